The predicted molar refractivity (Wildman–Crippen MR) is 82.7 cm³/mol. The number of aromatic carboxylic acids is 2. The molecule has 0 heterocycles. The lowest BCUT2D eigenvalue weighted by Gasteiger charge is -2.15. The maximum Gasteiger partial charge on any atom is 0.336 e. The van der Waals surface area contributed by atoms with Gasteiger partial charge in [0, 0.05) is 0 Å². The van der Waals surface area contributed by atoms with Gasteiger partial charge in [0.25, 0.3) is 5.91 Å². The molecule has 2 aromatic carbocycles. The number of hydrogen-bond donors (Lipinski definition) is 3. The average Bonchev–Trinajstić information content (AvgIpc) is 2.54. The minimum atomic E-state index is -1.17. The van der Waals surface area contributed by atoms with Crippen LogP contribution >= 0.6 is 0 Å². The molecule has 0 aliphatic heterocycles. The molecule has 6 heteroatoms. The Bertz CT molecular complexity index is 752. The molecule has 118 valence electrons. The number of carboxylic acids is 2. The summed E-state index contributed by atoms with van der Waals surface area (Å²) in [5.41, 5.74) is 0.882. The number of amides is 1. The lowest BCUT2D eigenvalue weighted by Crippen LogP contribution is -2.28. The largest absolute Gasteiger partial charge is 0.478 e. The fraction of sp³-hybridized carbons (Fsp3) is 0.118. The molecule has 0 aliphatic carbocycles. The first-order chi connectivity index (χ1) is 10.9. The molecule has 0 aromatic heterocycles. The molecule has 2 rings (SSSR count). The zero-order valence-electron chi connectivity index (χ0n) is 12.3. The van der Waals surface area contributed by atoms with Gasteiger partial charge in [-0.2, -0.15) is 0 Å². The zero-order chi connectivity index (χ0) is 17.0. The smallest absolute Gasteiger partial charge is 0.336 e. The van der Waals surface area contributed by atoms with E-state index in [-0.39, 0.29) is 16.7 Å². The highest BCUT2D eigenvalue weighted by Gasteiger charge is 2.18. The molecule has 0 aliphatic rings. The fourth-order valence-corrected chi connectivity index (χ4v) is 2.14. The zero-order valence-corrected chi connectivity index (χ0v) is 12.3. The first-order valence-electron chi connectivity index (χ1n) is 6.86. The summed E-state index contributed by atoms with van der Waals surface area (Å²) in [5.74, 6) is -2.70. The first-order valence-corrected chi connectivity index (χ1v) is 6.86. The van der Waals surface area contributed by atoms with Crippen molar-refractivity contribution in [3.05, 3.63) is 70.8 Å². The van der Waals surface area contributed by atoms with E-state index in [2.05, 4.69) is 5.32 Å². The second kappa shape index (κ2) is 6.74. The summed E-state index contributed by atoms with van der Waals surface area (Å²) in [6.07, 6.45) is 0. The molecule has 23 heavy (non-hydrogen) atoms. The Morgan fingerprint density at radius 1 is 0.870 bits per heavy atom. The number of hydrogen-bond acceptors (Lipinski definition) is 3. The van der Waals surface area contributed by atoms with Crippen molar-refractivity contribution < 1.29 is 24.6 Å². The van der Waals surface area contributed by atoms with E-state index < -0.39 is 23.9 Å². The van der Waals surface area contributed by atoms with Crippen molar-refractivity contribution >= 4 is 17.8 Å². The van der Waals surface area contributed by atoms with Crippen molar-refractivity contribution in [3.63, 3.8) is 0 Å². The summed E-state index contributed by atoms with van der Waals surface area (Å²) >= 11 is 0. The SMILES string of the molecule is CC(NC(=O)c1ccccc1C(=O)O)c1ccc(C(=O)O)cc1. The van der Waals surface area contributed by atoms with Crippen molar-refractivity contribution in [2.45, 2.75) is 13.0 Å². The summed E-state index contributed by atoms with van der Waals surface area (Å²) < 4.78 is 0. The number of rotatable bonds is 5. The monoisotopic (exact) mass is 313 g/mol. The van der Waals surface area contributed by atoms with Crippen LogP contribution in [0.4, 0.5) is 0 Å². The van der Waals surface area contributed by atoms with Crippen LogP contribution in [-0.2, 0) is 0 Å². The molecule has 0 spiro atoms. The van der Waals surface area contributed by atoms with Gasteiger partial charge in [-0.3, -0.25) is 4.79 Å². The normalized spacial score (nSPS) is 11.5. The van der Waals surface area contributed by atoms with Gasteiger partial charge < -0.3 is 15.5 Å². The fourth-order valence-electron chi connectivity index (χ4n) is 2.14. The van der Waals surface area contributed by atoms with Gasteiger partial charge in [0.1, 0.15) is 0 Å². The summed E-state index contributed by atoms with van der Waals surface area (Å²) in [7, 11) is 0. The Labute approximate surface area is 132 Å². The standard InChI is InChI=1S/C17H15NO5/c1-10(11-6-8-12(9-7-11)16(20)21)18-15(19)13-4-2-3-5-14(13)17(22)23/h2-10H,1H3,(H,18,19)(H,20,21)(H,22,23). The molecule has 0 saturated carbocycles. The molecular weight excluding hydrogens is 298 g/mol. The van der Waals surface area contributed by atoms with Gasteiger partial charge in [-0.1, -0.05) is 24.3 Å². The van der Waals surface area contributed by atoms with Crippen LogP contribution in [0.3, 0.4) is 0 Å². The van der Waals surface area contributed by atoms with Crippen LogP contribution in [0.15, 0.2) is 48.5 Å². The van der Waals surface area contributed by atoms with E-state index in [1.807, 2.05) is 0 Å². The lowest BCUT2D eigenvalue weighted by atomic mass is 10.0. The maximum atomic E-state index is 12.3. The Morgan fingerprint density at radius 3 is 1.96 bits per heavy atom. The van der Waals surface area contributed by atoms with Crippen molar-refractivity contribution in [1.29, 1.82) is 0 Å². The van der Waals surface area contributed by atoms with E-state index in [0.29, 0.717) is 0 Å². The minimum Gasteiger partial charge on any atom is -0.478 e. The molecule has 6 nitrogen and oxygen atoms in total. The third-order valence-electron chi connectivity index (χ3n) is 3.41. The lowest BCUT2D eigenvalue weighted by molar-refractivity contribution is 0.0684. The number of benzene rings is 2. The summed E-state index contributed by atoms with van der Waals surface area (Å²) in [6.45, 7) is 1.73. The number of nitrogens with one attached hydrogen (secondary N) is 1. The molecular formula is C17H15NO5. The number of carboxylic acid groups (broad SMARTS) is 2. The molecule has 0 radical (unpaired) electrons. The van der Waals surface area contributed by atoms with Gasteiger partial charge in [-0.25, -0.2) is 9.59 Å². The Kier molecular flexibility index (Phi) is 4.75. The third kappa shape index (κ3) is 3.74. The number of carbonyl (C=O) groups excluding carboxylic acids is 1. The van der Waals surface area contributed by atoms with Crippen LogP contribution < -0.4 is 5.32 Å². The van der Waals surface area contributed by atoms with Crippen LogP contribution in [0.5, 0.6) is 0 Å². The Morgan fingerprint density at radius 2 is 1.43 bits per heavy atom. The van der Waals surface area contributed by atoms with Crippen molar-refractivity contribution in [3.8, 4) is 0 Å². The van der Waals surface area contributed by atoms with Crippen molar-refractivity contribution in [2.75, 3.05) is 0 Å². The summed E-state index contributed by atoms with van der Waals surface area (Å²) in [4.78, 5) is 34.2. The number of carbonyl (C=O) groups is 3. The van der Waals surface area contributed by atoms with Crippen LogP contribution in [0, 0.1) is 0 Å². The van der Waals surface area contributed by atoms with Crippen LogP contribution in [0.1, 0.15) is 49.6 Å². The van der Waals surface area contributed by atoms with Crippen molar-refractivity contribution in [1.82, 2.24) is 5.32 Å². The molecule has 3 N–H and O–H groups in total. The maximum absolute atomic E-state index is 12.3. The van der Waals surface area contributed by atoms with Crippen LogP contribution in [-0.4, -0.2) is 28.1 Å². The van der Waals surface area contributed by atoms with Crippen LogP contribution in [0.25, 0.3) is 0 Å². The topological polar surface area (TPSA) is 104 Å². The molecule has 0 fully saturated rings. The summed E-state index contributed by atoms with van der Waals surface area (Å²) in [5, 5.41) is 20.7. The molecule has 1 unspecified atom stereocenters. The van der Waals surface area contributed by atoms with E-state index in [1.165, 1.54) is 24.3 Å². The van der Waals surface area contributed by atoms with E-state index in [0.717, 1.165) is 5.56 Å². The molecule has 2 aromatic rings. The molecule has 0 bridgehead atoms. The van der Waals surface area contributed by atoms with Gasteiger partial charge in [0.15, 0.2) is 0 Å². The van der Waals surface area contributed by atoms with E-state index in [1.54, 1.807) is 31.2 Å². The highest BCUT2D eigenvalue weighted by atomic mass is 16.4. The van der Waals surface area contributed by atoms with Gasteiger partial charge in [0.05, 0.1) is 22.7 Å². The van der Waals surface area contributed by atoms with E-state index in [9.17, 15) is 14.4 Å². The highest BCUT2D eigenvalue weighted by molar-refractivity contribution is 6.04. The second-order valence-electron chi connectivity index (χ2n) is 4.97. The van der Waals surface area contributed by atoms with Gasteiger partial charge in [-0.15, -0.1) is 0 Å². The minimum absolute atomic E-state index is 0.0709. The Balaban J connectivity index is 2.17. The second-order valence-corrected chi connectivity index (χ2v) is 4.97. The first kappa shape index (κ1) is 16.2. The van der Waals surface area contributed by atoms with E-state index in [4.69, 9.17) is 10.2 Å². The molecule has 1 atom stereocenters. The average molecular weight is 313 g/mol. The highest BCUT2D eigenvalue weighted by Crippen LogP contribution is 2.16. The van der Waals surface area contributed by atoms with Gasteiger partial charge in [-0.05, 0) is 36.8 Å². The molecule has 0 saturated heterocycles. The molecule has 1 amide bonds. The van der Waals surface area contributed by atoms with Gasteiger partial charge >= 0.3 is 11.9 Å². The quantitative estimate of drug-likeness (QED) is 0.787. The van der Waals surface area contributed by atoms with E-state index >= 15 is 0 Å². The predicted octanol–water partition coefficient (Wildman–Crippen LogP) is 2.57. The summed E-state index contributed by atoms with van der Waals surface area (Å²) in [6, 6.07) is 11.7. The third-order valence-corrected chi connectivity index (χ3v) is 3.41. The van der Waals surface area contributed by atoms with Crippen LogP contribution in [0.2, 0.25) is 0 Å². The Hall–Kier alpha value is -3.15. The van der Waals surface area contributed by atoms with Crippen molar-refractivity contribution in [2.24, 2.45) is 0 Å². The van der Waals surface area contributed by atoms with Gasteiger partial charge in [0.2, 0.25) is 0 Å².